The Bertz CT molecular complexity index is 230. The average molecular weight is 724 g/mol. The first-order chi connectivity index (χ1) is 5.46. The van der Waals surface area contributed by atoms with Crippen LogP contribution in [0.25, 0.3) is 0 Å². The van der Waals surface area contributed by atoms with E-state index in [2.05, 4.69) is 113 Å². The van der Waals surface area contributed by atoms with E-state index in [0.29, 0.717) is 5.75 Å². The van der Waals surface area contributed by atoms with Gasteiger partial charge in [0.05, 0.1) is 7.14 Å². The molecular formula is C6HI5O. The van der Waals surface area contributed by atoms with Gasteiger partial charge < -0.3 is 5.11 Å². The molecule has 0 aliphatic carbocycles. The zero-order valence-electron chi connectivity index (χ0n) is 5.34. The summed E-state index contributed by atoms with van der Waals surface area (Å²) >= 11 is 11.1. The van der Waals surface area contributed by atoms with Crippen LogP contribution < -0.4 is 0 Å². The third-order valence-electron chi connectivity index (χ3n) is 1.19. The van der Waals surface area contributed by atoms with Crippen molar-refractivity contribution in [1.29, 1.82) is 0 Å². The second-order valence-electron chi connectivity index (χ2n) is 1.92. The maximum atomic E-state index is 9.66. The van der Waals surface area contributed by atoms with Gasteiger partial charge in [-0.25, -0.2) is 0 Å². The monoisotopic (exact) mass is 724 g/mol. The molecule has 0 fully saturated rings. The Morgan fingerprint density at radius 2 is 0.833 bits per heavy atom. The van der Waals surface area contributed by atoms with Crippen LogP contribution in [-0.2, 0) is 0 Å². The van der Waals surface area contributed by atoms with Crippen molar-refractivity contribution in [3.63, 3.8) is 0 Å². The van der Waals surface area contributed by atoms with Crippen LogP contribution in [0.2, 0.25) is 0 Å². The van der Waals surface area contributed by atoms with E-state index in [4.69, 9.17) is 0 Å². The van der Waals surface area contributed by atoms with Gasteiger partial charge >= 0.3 is 0 Å². The first-order valence-electron chi connectivity index (χ1n) is 2.67. The molecule has 1 rings (SSSR count). The molecule has 0 aromatic heterocycles. The van der Waals surface area contributed by atoms with Crippen LogP contribution in [0.3, 0.4) is 0 Å². The third kappa shape index (κ3) is 2.43. The fourth-order valence-corrected chi connectivity index (χ4v) is 5.33. The molecule has 0 saturated heterocycles. The number of halogens is 5. The van der Waals surface area contributed by atoms with Gasteiger partial charge in [0.15, 0.2) is 0 Å². The standard InChI is InChI=1S/C6HI5O/c7-1-2(8)4(10)6(12)5(11)3(1)9/h12H. The summed E-state index contributed by atoms with van der Waals surface area (Å²) in [5.74, 6) is 0.408. The minimum atomic E-state index is 0.408. The minimum Gasteiger partial charge on any atom is -0.506 e. The largest absolute Gasteiger partial charge is 0.506 e. The Morgan fingerprint density at radius 1 is 0.583 bits per heavy atom. The molecule has 1 nitrogen and oxygen atoms in total. The van der Waals surface area contributed by atoms with Gasteiger partial charge in [-0.2, -0.15) is 0 Å². The van der Waals surface area contributed by atoms with Gasteiger partial charge in [-0.15, -0.1) is 0 Å². The number of hydrogen-bond donors (Lipinski definition) is 1. The Hall–Kier alpha value is 2.67. The molecule has 0 aliphatic rings. The Balaban J connectivity index is 3.60. The van der Waals surface area contributed by atoms with Crippen LogP contribution in [0, 0.1) is 17.9 Å². The second kappa shape index (κ2) is 5.14. The summed E-state index contributed by atoms with van der Waals surface area (Å²) < 4.78 is 5.39. The molecule has 0 amide bonds. The van der Waals surface area contributed by atoms with Crippen molar-refractivity contribution in [3.05, 3.63) is 17.9 Å². The normalized spacial score (nSPS) is 10.4. The number of rotatable bonds is 0. The molecule has 0 unspecified atom stereocenters. The van der Waals surface area contributed by atoms with E-state index in [0.717, 1.165) is 14.3 Å². The van der Waals surface area contributed by atoms with Crippen molar-refractivity contribution in [3.8, 4) is 5.75 Å². The van der Waals surface area contributed by atoms with Crippen molar-refractivity contribution in [1.82, 2.24) is 0 Å². The average Bonchev–Trinajstić information content (AvgIpc) is 2.08. The zero-order chi connectivity index (χ0) is 9.46. The lowest BCUT2D eigenvalue weighted by molar-refractivity contribution is 0.466. The van der Waals surface area contributed by atoms with E-state index in [1.165, 1.54) is 3.57 Å². The van der Waals surface area contributed by atoms with Gasteiger partial charge in [0, 0.05) is 10.7 Å². The van der Waals surface area contributed by atoms with E-state index in [9.17, 15) is 5.11 Å². The first kappa shape index (κ1) is 12.7. The summed E-state index contributed by atoms with van der Waals surface area (Å²) in [7, 11) is 0. The minimum absolute atomic E-state index is 0.408. The smallest absolute Gasteiger partial charge is 0.144 e. The predicted molar refractivity (Wildman–Crippen MR) is 91.7 cm³/mol. The first-order valence-corrected chi connectivity index (χ1v) is 8.06. The molecule has 0 atom stereocenters. The van der Waals surface area contributed by atoms with Crippen molar-refractivity contribution < 1.29 is 5.11 Å². The third-order valence-corrected chi connectivity index (χ3v) is 10.7. The second-order valence-corrected chi connectivity index (χ2v) is 7.31. The molecule has 66 valence electrons. The highest BCUT2D eigenvalue weighted by atomic mass is 127. The fraction of sp³-hybridized carbons (Fsp3) is 0. The van der Waals surface area contributed by atoms with Crippen molar-refractivity contribution in [2.45, 2.75) is 0 Å². The number of aromatic hydroxyl groups is 1. The molecule has 1 aromatic rings. The number of hydrogen-bond acceptors (Lipinski definition) is 1. The predicted octanol–water partition coefficient (Wildman–Crippen LogP) is 4.42. The van der Waals surface area contributed by atoms with Crippen LogP contribution in [0.5, 0.6) is 5.75 Å². The highest BCUT2D eigenvalue weighted by Crippen LogP contribution is 2.37. The lowest BCUT2D eigenvalue weighted by atomic mass is 10.3. The SMILES string of the molecule is Oc1c(I)c(I)c(I)c(I)c1I. The van der Waals surface area contributed by atoms with Crippen molar-refractivity contribution in [2.24, 2.45) is 0 Å². The fourth-order valence-electron chi connectivity index (χ4n) is 0.593. The van der Waals surface area contributed by atoms with Gasteiger partial charge in [-0.1, -0.05) is 0 Å². The highest BCUT2D eigenvalue weighted by Gasteiger charge is 2.15. The summed E-state index contributed by atoms with van der Waals surface area (Å²) in [5, 5.41) is 9.66. The van der Waals surface area contributed by atoms with Crippen LogP contribution >= 0.6 is 113 Å². The molecule has 6 heteroatoms. The summed E-state index contributed by atoms with van der Waals surface area (Å²) in [6, 6.07) is 0. The van der Waals surface area contributed by atoms with Crippen LogP contribution in [0.1, 0.15) is 0 Å². The van der Waals surface area contributed by atoms with E-state index >= 15 is 0 Å². The molecule has 1 N–H and O–H groups in total. The summed E-state index contributed by atoms with van der Waals surface area (Å²) in [5.41, 5.74) is 0. The molecule has 0 spiro atoms. The molecule has 0 aliphatic heterocycles. The number of phenols is 1. The quantitative estimate of drug-likeness (QED) is 0.239. The topological polar surface area (TPSA) is 20.2 Å². The molecule has 0 heterocycles. The Kier molecular flexibility index (Phi) is 5.45. The van der Waals surface area contributed by atoms with Gasteiger partial charge in [0.1, 0.15) is 5.75 Å². The highest BCUT2D eigenvalue weighted by molar-refractivity contribution is 14.1. The molecule has 12 heavy (non-hydrogen) atoms. The maximum absolute atomic E-state index is 9.66. The zero-order valence-corrected chi connectivity index (χ0v) is 16.1. The Labute approximate surface area is 139 Å². The summed E-state index contributed by atoms with van der Waals surface area (Å²) in [6.07, 6.45) is 0. The van der Waals surface area contributed by atoms with E-state index < -0.39 is 0 Å². The van der Waals surface area contributed by atoms with Crippen LogP contribution in [0.4, 0.5) is 0 Å². The van der Waals surface area contributed by atoms with Gasteiger partial charge in [0.25, 0.3) is 0 Å². The number of benzene rings is 1. The number of phenolic OH excluding ortho intramolecular Hbond substituents is 1. The van der Waals surface area contributed by atoms with Gasteiger partial charge in [0.2, 0.25) is 0 Å². The van der Waals surface area contributed by atoms with E-state index in [-0.39, 0.29) is 0 Å². The van der Waals surface area contributed by atoms with Crippen molar-refractivity contribution >= 4 is 113 Å². The molecular weight excluding hydrogens is 723 g/mol. The van der Waals surface area contributed by atoms with E-state index in [1.54, 1.807) is 0 Å². The van der Waals surface area contributed by atoms with E-state index in [1.807, 2.05) is 0 Å². The molecule has 0 bridgehead atoms. The molecule has 0 radical (unpaired) electrons. The molecule has 1 aromatic carbocycles. The van der Waals surface area contributed by atoms with Gasteiger partial charge in [-0.05, 0) is 113 Å². The Morgan fingerprint density at radius 3 is 1.17 bits per heavy atom. The lowest BCUT2D eigenvalue weighted by Crippen LogP contribution is -1.94. The summed E-state index contributed by atoms with van der Waals surface area (Å²) in [4.78, 5) is 0. The maximum Gasteiger partial charge on any atom is 0.144 e. The lowest BCUT2D eigenvalue weighted by Gasteiger charge is -2.08. The van der Waals surface area contributed by atoms with Gasteiger partial charge in [-0.3, -0.25) is 0 Å². The van der Waals surface area contributed by atoms with Crippen molar-refractivity contribution in [2.75, 3.05) is 0 Å². The van der Waals surface area contributed by atoms with Crippen LogP contribution in [-0.4, -0.2) is 5.11 Å². The summed E-state index contributed by atoms with van der Waals surface area (Å²) in [6.45, 7) is 0. The molecule has 0 saturated carbocycles. The van der Waals surface area contributed by atoms with Crippen LogP contribution in [0.15, 0.2) is 0 Å².